The van der Waals surface area contributed by atoms with Crippen LogP contribution in [0.25, 0.3) is 0 Å². The van der Waals surface area contributed by atoms with E-state index in [4.69, 9.17) is 5.11 Å². The van der Waals surface area contributed by atoms with Crippen molar-refractivity contribution in [3.8, 4) is 0 Å². The predicted molar refractivity (Wildman–Crippen MR) is 95.0 cm³/mol. The monoisotopic (exact) mass is 349 g/mol. The number of likely N-dealkylation sites (N-methyl/N-ethyl adjacent to an activating group) is 1. The molecule has 0 saturated carbocycles. The van der Waals surface area contributed by atoms with E-state index in [9.17, 15) is 9.59 Å². The van der Waals surface area contributed by atoms with Crippen molar-refractivity contribution in [2.45, 2.75) is 26.8 Å². The highest BCUT2D eigenvalue weighted by Crippen LogP contribution is 2.27. The second-order valence-corrected chi connectivity index (χ2v) is 7.04. The lowest BCUT2D eigenvalue weighted by molar-refractivity contribution is 0.0690. The third-order valence-corrected chi connectivity index (χ3v) is 5.28. The van der Waals surface area contributed by atoms with Crippen molar-refractivity contribution in [1.29, 1.82) is 0 Å². The predicted octanol–water partition coefficient (Wildman–Crippen LogP) is 2.73. The molecule has 2 aromatic heterocycles. The fourth-order valence-electron chi connectivity index (χ4n) is 2.82. The summed E-state index contributed by atoms with van der Waals surface area (Å²) in [5.41, 5.74) is 2.71. The second kappa shape index (κ2) is 7.19. The molecule has 0 radical (unpaired) electrons. The number of thiophene rings is 1. The number of hydrogen-bond donors (Lipinski definition) is 3. The van der Waals surface area contributed by atoms with E-state index in [0.29, 0.717) is 23.4 Å². The molecule has 0 saturated heterocycles. The Bertz CT molecular complexity index is 761. The molecular formula is C17H23N3O3S. The van der Waals surface area contributed by atoms with Crippen LogP contribution in [0.5, 0.6) is 0 Å². The number of nitrogens with zero attached hydrogens (tertiary/aromatic N) is 1. The van der Waals surface area contributed by atoms with Gasteiger partial charge < -0.3 is 20.3 Å². The first-order chi connectivity index (χ1) is 11.2. The van der Waals surface area contributed by atoms with Gasteiger partial charge in [0.25, 0.3) is 5.91 Å². The zero-order valence-corrected chi connectivity index (χ0v) is 15.4. The molecule has 0 aliphatic carbocycles. The Morgan fingerprint density at radius 2 is 2.00 bits per heavy atom. The maximum Gasteiger partial charge on any atom is 0.352 e. The van der Waals surface area contributed by atoms with Crippen molar-refractivity contribution >= 4 is 23.2 Å². The minimum Gasteiger partial charge on any atom is -0.477 e. The lowest BCUT2D eigenvalue weighted by atomic mass is 10.1. The van der Waals surface area contributed by atoms with Crippen LogP contribution < -0.4 is 5.32 Å². The summed E-state index contributed by atoms with van der Waals surface area (Å²) in [6.07, 6.45) is 0. The molecule has 2 rings (SSSR count). The molecule has 1 atom stereocenters. The quantitative estimate of drug-likeness (QED) is 0.748. The van der Waals surface area contributed by atoms with Crippen LogP contribution in [0.1, 0.15) is 48.6 Å². The van der Waals surface area contributed by atoms with E-state index in [0.717, 1.165) is 0 Å². The molecule has 130 valence electrons. The summed E-state index contributed by atoms with van der Waals surface area (Å²) >= 11 is 1.67. The van der Waals surface area contributed by atoms with Crippen LogP contribution in [0.4, 0.5) is 0 Å². The van der Waals surface area contributed by atoms with Gasteiger partial charge in [0.2, 0.25) is 0 Å². The van der Waals surface area contributed by atoms with E-state index in [-0.39, 0.29) is 17.6 Å². The molecular weight excluding hydrogens is 326 g/mol. The average molecular weight is 349 g/mol. The number of amides is 1. The minimum absolute atomic E-state index is 0.0657. The molecule has 0 aliphatic rings. The van der Waals surface area contributed by atoms with E-state index < -0.39 is 5.97 Å². The van der Waals surface area contributed by atoms with Crippen molar-refractivity contribution in [1.82, 2.24) is 15.2 Å². The van der Waals surface area contributed by atoms with Crippen LogP contribution in [0.15, 0.2) is 11.4 Å². The van der Waals surface area contributed by atoms with E-state index in [1.165, 1.54) is 10.4 Å². The molecule has 0 aliphatic heterocycles. The Balaban J connectivity index is 2.18. The van der Waals surface area contributed by atoms with E-state index in [1.807, 2.05) is 19.5 Å². The van der Waals surface area contributed by atoms with Gasteiger partial charge in [-0.2, -0.15) is 0 Å². The molecule has 6 nitrogen and oxygen atoms in total. The molecule has 2 aromatic rings. The number of hydrogen-bond acceptors (Lipinski definition) is 4. The highest BCUT2D eigenvalue weighted by atomic mass is 32.1. The van der Waals surface area contributed by atoms with Gasteiger partial charge >= 0.3 is 5.97 Å². The second-order valence-electron chi connectivity index (χ2n) is 6.09. The number of rotatable bonds is 6. The molecule has 0 bridgehead atoms. The Morgan fingerprint density at radius 1 is 1.33 bits per heavy atom. The van der Waals surface area contributed by atoms with Crippen molar-refractivity contribution in [2.24, 2.45) is 0 Å². The van der Waals surface area contributed by atoms with Crippen molar-refractivity contribution in [3.05, 3.63) is 44.4 Å². The van der Waals surface area contributed by atoms with Gasteiger partial charge in [0.05, 0.1) is 11.6 Å². The zero-order valence-electron chi connectivity index (χ0n) is 14.6. The molecule has 1 amide bonds. The highest BCUT2D eigenvalue weighted by molar-refractivity contribution is 7.10. The summed E-state index contributed by atoms with van der Waals surface area (Å²) in [5.74, 6) is -1.31. The van der Waals surface area contributed by atoms with Gasteiger partial charge in [0.15, 0.2) is 0 Å². The summed E-state index contributed by atoms with van der Waals surface area (Å²) in [7, 11) is 3.95. The van der Waals surface area contributed by atoms with Crippen molar-refractivity contribution in [2.75, 3.05) is 20.6 Å². The van der Waals surface area contributed by atoms with Gasteiger partial charge in [-0.3, -0.25) is 4.79 Å². The maximum atomic E-state index is 12.6. The van der Waals surface area contributed by atoms with E-state index in [2.05, 4.69) is 28.2 Å². The zero-order chi connectivity index (χ0) is 18.0. The molecule has 0 unspecified atom stereocenters. The summed E-state index contributed by atoms with van der Waals surface area (Å²) in [6.45, 7) is 5.87. The highest BCUT2D eigenvalue weighted by Gasteiger charge is 2.23. The standard InChI is InChI=1S/C17H23N3O3S/c1-9-6-7-24-15(9)12(20(4)5)8-18-16(21)13-10(2)14(17(22)23)19-11(13)3/h6-7,12,19H,8H2,1-5H3,(H,18,21)(H,22,23)/t12-/m1/s1. The van der Waals surface area contributed by atoms with Gasteiger partial charge in [-0.25, -0.2) is 4.79 Å². The average Bonchev–Trinajstić information content (AvgIpc) is 3.02. The summed E-state index contributed by atoms with van der Waals surface area (Å²) in [6, 6.07) is 2.14. The first-order valence-electron chi connectivity index (χ1n) is 7.65. The number of aromatic nitrogens is 1. The minimum atomic E-state index is -1.06. The SMILES string of the molecule is Cc1ccsc1[C@@H](CNC(=O)c1c(C)[nH]c(C(=O)O)c1C)N(C)C. The number of carboxylic acid groups (broad SMARTS) is 1. The fourth-order valence-corrected chi connectivity index (χ4v) is 3.94. The van der Waals surface area contributed by atoms with Gasteiger partial charge in [0, 0.05) is 17.1 Å². The molecule has 24 heavy (non-hydrogen) atoms. The fraction of sp³-hybridized carbons (Fsp3) is 0.412. The van der Waals surface area contributed by atoms with Gasteiger partial charge in [-0.15, -0.1) is 11.3 Å². The van der Waals surface area contributed by atoms with Gasteiger partial charge in [-0.05, 0) is 57.4 Å². The van der Waals surface area contributed by atoms with Crippen LogP contribution in [-0.2, 0) is 0 Å². The summed E-state index contributed by atoms with van der Waals surface area (Å²) < 4.78 is 0. The van der Waals surface area contributed by atoms with Crippen LogP contribution in [0.3, 0.4) is 0 Å². The topological polar surface area (TPSA) is 85.4 Å². The Kier molecular flexibility index (Phi) is 5.46. The molecule has 0 aromatic carbocycles. The number of aromatic carboxylic acids is 1. The number of nitrogens with one attached hydrogen (secondary N) is 2. The molecule has 7 heteroatoms. The largest absolute Gasteiger partial charge is 0.477 e. The number of carbonyl (C=O) groups excluding carboxylic acids is 1. The number of H-pyrrole nitrogens is 1. The Labute approximate surface area is 145 Å². The van der Waals surface area contributed by atoms with Gasteiger partial charge in [0.1, 0.15) is 5.69 Å². The van der Waals surface area contributed by atoms with Crippen LogP contribution in [0.2, 0.25) is 0 Å². The molecule has 2 heterocycles. The maximum absolute atomic E-state index is 12.6. The van der Waals surface area contributed by atoms with Crippen molar-refractivity contribution < 1.29 is 14.7 Å². The molecule has 0 fully saturated rings. The summed E-state index contributed by atoms with van der Waals surface area (Å²) in [5, 5.41) is 14.2. The third-order valence-electron chi connectivity index (χ3n) is 4.16. The lowest BCUT2D eigenvalue weighted by Crippen LogP contribution is -2.34. The van der Waals surface area contributed by atoms with Crippen LogP contribution in [-0.4, -0.2) is 47.5 Å². The van der Waals surface area contributed by atoms with E-state index >= 15 is 0 Å². The Hall–Kier alpha value is -2.12. The molecule has 0 spiro atoms. The van der Waals surface area contributed by atoms with Crippen LogP contribution >= 0.6 is 11.3 Å². The first-order valence-corrected chi connectivity index (χ1v) is 8.53. The Morgan fingerprint density at radius 3 is 2.46 bits per heavy atom. The lowest BCUT2D eigenvalue weighted by Gasteiger charge is -2.24. The number of carboxylic acids is 1. The summed E-state index contributed by atoms with van der Waals surface area (Å²) in [4.78, 5) is 29.8. The first kappa shape index (κ1) is 18.2. The number of carbonyl (C=O) groups is 2. The van der Waals surface area contributed by atoms with Crippen LogP contribution in [0, 0.1) is 20.8 Å². The number of aromatic amines is 1. The van der Waals surface area contributed by atoms with Gasteiger partial charge in [-0.1, -0.05) is 0 Å². The third kappa shape index (κ3) is 3.52. The molecule has 3 N–H and O–H groups in total. The smallest absolute Gasteiger partial charge is 0.352 e. The van der Waals surface area contributed by atoms with Crippen molar-refractivity contribution in [3.63, 3.8) is 0 Å². The normalized spacial score (nSPS) is 12.4. The number of aryl methyl sites for hydroxylation is 2. The van der Waals surface area contributed by atoms with E-state index in [1.54, 1.807) is 25.2 Å².